The van der Waals surface area contributed by atoms with Gasteiger partial charge in [-0.15, -0.1) is 0 Å². The van der Waals surface area contributed by atoms with Gasteiger partial charge in [0.1, 0.15) is 0 Å². The van der Waals surface area contributed by atoms with Crippen LogP contribution in [-0.4, -0.2) is 72.1 Å². The number of halogens is 2. The molecule has 0 radical (unpaired) electrons. The summed E-state index contributed by atoms with van der Waals surface area (Å²) in [5, 5.41) is -0.224. The van der Waals surface area contributed by atoms with Crippen molar-refractivity contribution >= 4 is 25.7 Å². The number of likely N-dealkylation sites (tertiary alicyclic amines) is 1. The number of nitrogens with zero attached hydrogens (tertiary/aromatic N) is 3. The van der Waals surface area contributed by atoms with Gasteiger partial charge in [-0.3, -0.25) is 4.79 Å². The van der Waals surface area contributed by atoms with Crippen LogP contribution in [0.1, 0.15) is 39.5 Å². The van der Waals surface area contributed by atoms with Crippen molar-refractivity contribution in [2.75, 3.05) is 33.2 Å². The lowest BCUT2D eigenvalue weighted by molar-refractivity contribution is -0.142. The summed E-state index contributed by atoms with van der Waals surface area (Å²) in [5.74, 6) is -3.53. The van der Waals surface area contributed by atoms with Crippen molar-refractivity contribution in [1.29, 1.82) is 0 Å². The van der Waals surface area contributed by atoms with E-state index in [1.54, 1.807) is 13.8 Å². The predicted octanol–water partition coefficient (Wildman–Crippen LogP) is 3.21. The largest absolute Gasteiger partial charge is 0.342 e. The Bertz CT molecular complexity index is 1060. The first-order chi connectivity index (χ1) is 14.9. The van der Waals surface area contributed by atoms with Gasteiger partial charge >= 0.3 is 0 Å². The molecule has 3 rings (SSSR count). The second-order valence-corrected chi connectivity index (χ2v) is 13.5. The number of rotatable bonds is 5. The minimum absolute atomic E-state index is 0.00580. The third-order valence-corrected chi connectivity index (χ3v) is 10.9. The quantitative estimate of drug-likeness (QED) is 0.633. The number of piperidine rings is 2. The van der Waals surface area contributed by atoms with Crippen molar-refractivity contribution in [3.63, 3.8) is 0 Å². The molecule has 7 nitrogen and oxygen atoms in total. The van der Waals surface area contributed by atoms with Crippen LogP contribution in [0.15, 0.2) is 38.4 Å². The third-order valence-electron chi connectivity index (χ3n) is 6.25. The van der Waals surface area contributed by atoms with Crippen LogP contribution in [0.2, 0.25) is 0 Å². The van der Waals surface area contributed by atoms with Crippen LogP contribution in [0.25, 0.3) is 0 Å². The van der Waals surface area contributed by atoms with Crippen LogP contribution >= 0.6 is 0 Å². The Hall–Kier alpha value is -1.59. The minimum Gasteiger partial charge on any atom is -0.342 e. The van der Waals surface area contributed by atoms with Gasteiger partial charge in [-0.2, -0.15) is 4.31 Å². The molecule has 1 aromatic carbocycles. The number of carbonyl (C=O) groups is 1. The van der Waals surface area contributed by atoms with Gasteiger partial charge in [0, 0.05) is 56.2 Å². The number of hydrogen-bond acceptors (Lipinski definition) is 5. The van der Waals surface area contributed by atoms with Crippen molar-refractivity contribution in [2.45, 2.75) is 60.5 Å². The van der Waals surface area contributed by atoms with E-state index in [4.69, 9.17) is 0 Å². The monoisotopic (exact) mass is 491 g/mol. The molecule has 0 bridgehead atoms. The Labute approximate surface area is 189 Å². The van der Waals surface area contributed by atoms with Crippen LogP contribution in [0.3, 0.4) is 0 Å². The lowest BCUT2D eigenvalue weighted by atomic mass is 9.96. The van der Waals surface area contributed by atoms with E-state index in [-0.39, 0.29) is 48.5 Å². The van der Waals surface area contributed by atoms with Gasteiger partial charge in [0.2, 0.25) is 15.9 Å². The van der Waals surface area contributed by atoms with E-state index in [1.807, 2.05) is 0 Å². The molecule has 0 spiro atoms. The van der Waals surface area contributed by atoms with Gasteiger partial charge < -0.3 is 4.90 Å². The summed E-state index contributed by atoms with van der Waals surface area (Å²) in [4.78, 5) is 14.8. The van der Waals surface area contributed by atoms with Gasteiger partial charge in [0.05, 0.1) is 20.5 Å². The Morgan fingerprint density at radius 2 is 1.62 bits per heavy atom. The summed E-state index contributed by atoms with van der Waals surface area (Å²) in [6, 6.07) is 5.91. The highest BCUT2D eigenvalue weighted by molar-refractivity contribution is 7.94. The van der Waals surface area contributed by atoms with E-state index in [1.165, 1.54) is 40.5 Å². The van der Waals surface area contributed by atoms with E-state index < -0.39 is 31.6 Å². The highest BCUT2D eigenvalue weighted by Crippen LogP contribution is 2.31. The van der Waals surface area contributed by atoms with Crippen molar-refractivity contribution in [2.24, 2.45) is 10.3 Å². The summed E-state index contributed by atoms with van der Waals surface area (Å²) in [5.41, 5.74) is 0. The maximum atomic E-state index is 13.4. The summed E-state index contributed by atoms with van der Waals surface area (Å²) in [6.07, 6.45) is 0.339. The lowest BCUT2D eigenvalue weighted by Crippen LogP contribution is -2.49. The zero-order valence-corrected chi connectivity index (χ0v) is 20.3. The molecule has 2 aliphatic rings. The molecule has 2 heterocycles. The molecular weight excluding hydrogens is 460 g/mol. The molecule has 0 aliphatic carbocycles. The second-order valence-electron chi connectivity index (χ2n) is 8.65. The van der Waals surface area contributed by atoms with E-state index in [0.29, 0.717) is 24.3 Å². The molecule has 0 N–H and O–H groups in total. The fourth-order valence-corrected chi connectivity index (χ4v) is 7.45. The first kappa shape index (κ1) is 25.0. The molecular formula is C21H31F2N3O4S2. The van der Waals surface area contributed by atoms with Gasteiger partial charge in [0.25, 0.3) is 5.92 Å². The van der Waals surface area contributed by atoms with Gasteiger partial charge in [-0.25, -0.2) is 25.8 Å². The van der Waals surface area contributed by atoms with Gasteiger partial charge in [0.15, 0.2) is 0 Å². The Morgan fingerprint density at radius 3 is 2.16 bits per heavy atom. The minimum atomic E-state index is -3.85. The molecule has 0 aromatic heterocycles. The number of sulfonamides is 1. The summed E-state index contributed by atoms with van der Waals surface area (Å²) >= 11 is 0. The van der Waals surface area contributed by atoms with Gasteiger partial charge in [-0.05, 0) is 51.0 Å². The first-order valence-corrected chi connectivity index (χ1v) is 13.8. The lowest BCUT2D eigenvalue weighted by Gasteiger charge is -2.37. The zero-order chi connectivity index (χ0) is 23.7. The van der Waals surface area contributed by atoms with Crippen molar-refractivity contribution in [1.82, 2.24) is 9.21 Å². The molecule has 32 heavy (non-hydrogen) atoms. The number of carbonyl (C=O) groups excluding carboxylic acids is 1. The third kappa shape index (κ3) is 4.99. The zero-order valence-electron chi connectivity index (χ0n) is 18.7. The topological polar surface area (TPSA) is 87.1 Å². The average molecular weight is 492 g/mol. The fraction of sp³-hybridized carbons (Fsp3) is 0.667. The normalized spacial score (nSPS) is 24.2. The Balaban J connectivity index is 1.74. The van der Waals surface area contributed by atoms with Crippen LogP contribution < -0.4 is 0 Å². The maximum Gasteiger partial charge on any atom is 0.251 e. The standard InChI is InChI=1S/C21H31F2N3O4S2/c1-16(2)31(28,24-3)18-6-8-19(9-7-18)32(29,30)26-12-4-5-17(15-26)20(27)25-13-10-21(22,23)11-14-25/h6-9,16-17H,4-5,10-15H2,1-3H3/t17-,31?/m1/s1. The first-order valence-electron chi connectivity index (χ1n) is 10.8. The average Bonchev–Trinajstić information content (AvgIpc) is 2.78. The van der Waals surface area contributed by atoms with Crippen LogP contribution in [-0.2, 0) is 24.5 Å². The molecule has 0 saturated carbocycles. The van der Waals surface area contributed by atoms with Crippen LogP contribution in [0.5, 0.6) is 0 Å². The molecule has 2 fully saturated rings. The molecule has 2 atom stereocenters. The van der Waals surface area contributed by atoms with E-state index >= 15 is 0 Å². The Kier molecular flexibility index (Phi) is 7.31. The maximum absolute atomic E-state index is 13.4. The Morgan fingerprint density at radius 1 is 1.06 bits per heavy atom. The van der Waals surface area contributed by atoms with Crippen molar-refractivity contribution in [3.8, 4) is 0 Å². The van der Waals surface area contributed by atoms with Crippen molar-refractivity contribution < 1.29 is 26.2 Å². The molecule has 1 amide bonds. The SMILES string of the molecule is CN=S(=O)(c1ccc(S(=O)(=O)N2CCC[C@@H](C(=O)N3CCC(F)(F)CC3)C2)cc1)C(C)C. The number of alkyl halides is 2. The van der Waals surface area contributed by atoms with E-state index in [2.05, 4.69) is 4.36 Å². The van der Waals surface area contributed by atoms with E-state index in [0.717, 1.165) is 0 Å². The molecule has 11 heteroatoms. The van der Waals surface area contributed by atoms with E-state index in [9.17, 15) is 26.2 Å². The number of amides is 1. The summed E-state index contributed by atoms with van der Waals surface area (Å²) in [7, 11) is -5.00. The molecule has 180 valence electrons. The van der Waals surface area contributed by atoms with Crippen molar-refractivity contribution in [3.05, 3.63) is 24.3 Å². The predicted molar refractivity (Wildman–Crippen MR) is 119 cm³/mol. The van der Waals surface area contributed by atoms with Crippen LogP contribution in [0.4, 0.5) is 8.78 Å². The fourth-order valence-electron chi connectivity index (χ4n) is 4.22. The highest BCUT2D eigenvalue weighted by Gasteiger charge is 2.39. The summed E-state index contributed by atoms with van der Waals surface area (Å²) < 4.78 is 71.5. The molecule has 1 aromatic rings. The second kappa shape index (κ2) is 9.34. The number of hydrogen-bond donors (Lipinski definition) is 0. The smallest absolute Gasteiger partial charge is 0.251 e. The number of benzene rings is 1. The highest BCUT2D eigenvalue weighted by atomic mass is 32.2. The molecule has 2 aliphatic heterocycles. The molecule has 2 saturated heterocycles. The summed E-state index contributed by atoms with van der Waals surface area (Å²) in [6.45, 7) is 3.91. The van der Waals surface area contributed by atoms with Gasteiger partial charge in [-0.1, -0.05) is 0 Å². The molecule has 1 unspecified atom stereocenters. The van der Waals surface area contributed by atoms with Crippen LogP contribution in [0, 0.1) is 5.92 Å².